The number of nitrogens with zero attached hydrogens (tertiary/aromatic N) is 2. The van der Waals surface area contributed by atoms with Gasteiger partial charge in [-0.15, -0.1) is 22.6 Å². The van der Waals surface area contributed by atoms with Crippen LogP contribution in [0.3, 0.4) is 0 Å². The van der Waals surface area contributed by atoms with Gasteiger partial charge in [0, 0.05) is 12.1 Å². The Kier molecular flexibility index (Phi) is 4.84. The second-order valence-corrected chi connectivity index (χ2v) is 5.18. The zero-order valence-corrected chi connectivity index (χ0v) is 12.3. The summed E-state index contributed by atoms with van der Waals surface area (Å²) < 4.78 is 0. The molecule has 0 saturated carbocycles. The fourth-order valence-corrected chi connectivity index (χ4v) is 2.74. The molecule has 0 amide bonds. The average Bonchev–Trinajstić information content (AvgIpc) is 2.97. The van der Waals surface area contributed by atoms with Gasteiger partial charge in [-0.05, 0) is 11.1 Å². The molecule has 0 bridgehead atoms. The summed E-state index contributed by atoms with van der Waals surface area (Å²) in [7, 11) is 0. The van der Waals surface area contributed by atoms with E-state index < -0.39 is 0 Å². The van der Waals surface area contributed by atoms with E-state index in [4.69, 9.17) is 5.73 Å². The highest BCUT2D eigenvalue weighted by Crippen LogP contribution is 2.33. The van der Waals surface area contributed by atoms with Crippen molar-refractivity contribution >= 4 is 23.7 Å². The normalized spacial score (nSPS) is 10.1. The van der Waals surface area contributed by atoms with Crippen molar-refractivity contribution in [2.45, 2.75) is 6.54 Å². The highest BCUT2D eigenvalue weighted by molar-refractivity contribution is 7.14. The lowest BCUT2D eigenvalue weighted by atomic mass is 10.0. The number of halogens is 1. The van der Waals surface area contributed by atoms with E-state index in [1.165, 1.54) is 11.1 Å². The minimum atomic E-state index is 0. The second-order valence-electron chi connectivity index (χ2n) is 4.12. The summed E-state index contributed by atoms with van der Waals surface area (Å²) >= 11 is 1.55. The lowest BCUT2D eigenvalue weighted by molar-refractivity contribution is 0.960. The minimum absolute atomic E-state index is 0. The Morgan fingerprint density at radius 3 is 2.15 bits per heavy atom. The van der Waals surface area contributed by atoms with E-state index in [9.17, 15) is 0 Å². The zero-order valence-electron chi connectivity index (χ0n) is 10.7. The summed E-state index contributed by atoms with van der Waals surface area (Å²) in [6.45, 7) is 0.436. The minimum Gasteiger partial charge on any atom is -0.324 e. The van der Waals surface area contributed by atoms with E-state index in [-0.39, 0.29) is 12.4 Å². The third kappa shape index (κ3) is 2.88. The van der Waals surface area contributed by atoms with Gasteiger partial charge in [-0.1, -0.05) is 65.9 Å². The molecule has 0 saturated heterocycles. The molecule has 3 aromatic rings. The molecule has 0 unspecified atom stereocenters. The van der Waals surface area contributed by atoms with Gasteiger partial charge in [0.2, 0.25) is 0 Å². The number of hydrogen-bond acceptors (Lipinski definition) is 4. The van der Waals surface area contributed by atoms with Gasteiger partial charge in [-0.2, -0.15) is 0 Å². The van der Waals surface area contributed by atoms with Crippen LogP contribution in [0, 0.1) is 0 Å². The predicted molar refractivity (Wildman–Crippen MR) is 85.9 cm³/mol. The van der Waals surface area contributed by atoms with Crippen molar-refractivity contribution in [2.75, 3.05) is 0 Å². The Morgan fingerprint density at radius 1 is 0.850 bits per heavy atom. The van der Waals surface area contributed by atoms with Crippen LogP contribution in [0.15, 0.2) is 54.6 Å². The number of rotatable bonds is 3. The van der Waals surface area contributed by atoms with Crippen molar-refractivity contribution in [1.82, 2.24) is 10.2 Å². The Hall–Kier alpha value is -1.75. The maximum Gasteiger partial charge on any atom is 0.148 e. The van der Waals surface area contributed by atoms with E-state index in [0.717, 1.165) is 15.6 Å². The maximum absolute atomic E-state index is 5.60. The smallest absolute Gasteiger partial charge is 0.148 e. The molecule has 0 spiro atoms. The third-order valence-electron chi connectivity index (χ3n) is 2.88. The Bertz CT molecular complexity index is 682. The van der Waals surface area contributed by atoms with E-state index in [1.54, 1.807) is 11.3 Å². The summed E-state index contributed by atoms with van der Waals surface area (Å²) in [4.78, 5) is 0. The molecule has 5 heteroatoms. The highest BCUT2D eigenvalue weighted by Gasteiger charge is 2.11. The van der Waals surface area contributed by atoms with Crippen molar-refractivity contribution in [3.63, 3.8) is 0 Å². The molecule has 0 aliphatic heterocycles. The average molecular weight is 304 g/mol. The molecule has 102 valence electrons. The SMILES string of the molecule is Cl.NCc1nnc(-c2ccccc2-c2ccccc2)s1. The van der Waals surface area contributed by atoms with Gasteiger partial charge in [0.25, 0.3) is 0 Å². The maximum atomic E-state index is 5.60. The van der Waals surface area contributed by atoms with Crippen molar-refractivity contribution in [3.05, 3.63) is 59.6 Å². The highest BCUT2D eigenvalue weighted by atomic mass is 35.5. The van der Waals surface area contributed by atoms with Crippen LogP contribution in [0.1, 0.15) is 5.01 Å². The molecule has 2 aromatic carbocycles. The summed E-state index contributed by atoms with van der Waals surface area (Å²) in [5.41, 5.74) is 9.05. The molecule has 3 rings (SSSR count). The number of aromatic nitrogens is 2. The third-order valence-corrected chi connectivity index (χ3v) is 3.86. The fraction of sp³-hybridized carbons (Fsp3) is 0.0667. The first-order valence-corrected chi connectivity index (χ1v) is 6.87. The first-order valence-electron chi connectivity index (χ1n) is 6.06. The number of hydrogen-bond donors (Lipinski definition) is 1. The Morgan fingerprint density at radius 2 is 1.50 bits per heavy atom. The van der Waals surface area contributed by atoms with E-state index in [2.05, 4.69) is 34.5 Å². The van der Waals surface area contributed by atoms with Gasteiger partial charge < -0.3 is 5.73 Å². The molecule has 3 nitrogen and oxygen atoms in total. The van der Waals surface area contributed by atoms with Crippen molar-refractivity contribution in [3.8, 4) is 21.7 Å². The lowest BCUT2D eigenvalue weighted by Crippen LogP contribution is -1.94. The van der Waals surface area contributed by atoms with Crippen LogP contribution in [0.2, 0.25) is 0 Å². The van der Waals surface area contributed by atoms with Crippen LogP contribution in [0.4, 0.5) is 0 Å². The topological polar surface area (TPSA) is 51.8 Å². The van der Waals surface area contributed by atoms with Gasteiger partial charge in [-0.25, -0.2) is 0 Å². The fourth-order valence-electron chi connectivity index (χ4n) is 1.98. The van der Waals surface area contributed by atoms with Gasteiger partial charge in [-0.3, -0.25) is 0 Å². The second kappa shape index (κ2) is 6.61. The van der Waals surface area contributed by atoms with Crippen molar-refractivity contribution in [1.29, 1.82) is 0 Å². The van der Waals surface area contributed by atoms with Crippen LogP contribution in [0.25, 0.3) is 21.7 Å². The van der Waals surface area contributed by atoms with Gasteiger partial charge >= 0.3 is 0 Å². The van der Waals surface area contributed by atoms with Crippen molar-refractivity contribution in [2.24, 2.45) is 5.73 Å². The molecule has 0 atom stereocenters. The molecule has 1 heterocycles. The first kappa shape index (κ1) is 14.7. The molecular weight excluding hydrogens is 290 g/mol. The van der Waals surface area contributed by atoms with E-state index in [1.807, 2.05) is 30.3 Å². The summed E-state index contributed by atoms with van der Waals surface area (Å²) in [5, 5.41) is 10.1. The summed E-state index contributed by atoms with van der Waals surface area (Å²) in [6, 6.07) is 18.5. The van der Waals surface area contributed by atoms with Crippen LogP contribution < -0.4 is 5.73 Å². The van der Waals surface area contributed by atoms with E-state index >= 15 is 0 Å². The summed E-state index contributed by atoms with van der Waals surface area (Å²) in [5.74, 6) is 0. The Balaban J connectivity index is 0.00000147. The molecule has 2 N–H and O–H groups in total. The first-order chi connectivity index (χ1) is 9.38. The van der Waals surface area contributed by atoms with Crippen LogP contribution in [-0.2, 0) is 6.54 Å². The van der Waals surface area contributed by atoms with Gasteiger partial charge in [0.15, 0.2) is 0 Å². The largest absolute Gasteiger partial charge is 0.324 e. The molecule has 0 fully saturated rings. The molecule has 0 aliphatic carbocycles. The molecule has 0 aliphatic rings. The number of benzene rings is 2. The lowest BCUT2D eigenvalue weighted by Gasteiger charge is -2.06. The predicted octanol–water partition coefficient (Wildman–Crippen LogP) is 3.75. The standard InChI is InChI=1S/C15H13N3S.ClH/c16-10-14-17-18-15(19-14)13-9-5-4-8-12(13)11-6-2-1-3-7-11;/h1-9H,10,16H2;1H. The molecule has 20 heavy (non-hydrogen) atoms. The molecular formula is C15H14ClN3S. The molecule has 1 aromatic heterocycles. The van der Waals surface area contributed by atoms with Gasteiger partial charge in [0.1, 0.15) is 10.0 Å². The zero-order chi connectivity index (χ0) is 13.1. The van der Waals surface area contributed by atoms with E-state index in [0.29, 0.717) is 6.54 Å². The monoisotopic (exact) mass is 303 g/mol. The number of nitrogens with two attached hydrogens (primary N) is 1. The van der Waals surface area contributed by atoms with Crippen LogP contribution in [0.5, 0.6) is 0 Å². The molecule has 0 radical (unpaired) electrons. The Labute approximate surface area is 127 Å². The van der Waals surface area contributed by atoms with Gasteiger partial charge in [0.05, 0.1) is 0 Å². The van der Waals surface area contributed by atoms with Crippen LogP contribution in [-0.4, -0.2) is 10.2 Å². The van der Waals surface area contributed by atoms with Crippen LogP contribution >= 0.6 is 23.7 Å². The summed E-state index contributed by atoms with van der Waals surface area (Å²) in [6.07, 6.45) is 0. The van der Waals surface area contributed by atoms with Crippen molar-refractivity contribution < 1.29 is 0 Å². The quantitative estimate of drug-likeness (QED) is 0.801.